The van der Waals surface area contributed by atoms with Gasteiger partial charge in [-0.25, -0.2) is 23.1 Å². The first-order chi connectivity index (χ1) is 10.0. The number of rotatable bonds is 7. The van der Waals surface area contributed by atoms with Gasteiger partial charge < -0.3 is 5.32 Å². The van der Waals surface area contributed by atoms with Crippen molar-refractivity contribution >= 4 is 27.2 Å². The smallest absolute Gasteiger partial charge is 0.241 e. The lowest BCUT2D eigenvalue weighted by Crippen LogP contribution is -2.23. The Balaban J connectivity index is 2.09. The zero-order valence-electron chi connectivity index (χ0n) is 12.0. The van der Waals surface area contributed by atoms with E-state index in [9.17, 15) is 8.42 Å². The number of nitrogens with zero attached hydrogens (tertiary/aromatic N) is 2. The van der Waals surface area contributed by atoms with E-state index in [-0.39, 0.29) is 11.4 Å². The number of sulfonamides is 1. The minimum Gasteiger partial charge on any atom is -0.370 e. The highest BCUT2D eigenvalue weighted by Gasteiger charge is 2.15. The molecule has 2 rings (SSSR count). The van der Waals surface area contributed by atoms with Crippen LogP contribution in [0, 0.1) is 0 Å². The molecule has 0 amide bonds. The molecule has 2 aromatic rings. The molecular formula is C13H18N4O2S2. The molecule has 0 saturated carbocycles. The van der Waals surface area contributed by atoms with Gasteiger partial charge >= 0.3 is 0 Å². The molecule has 2 N–H and O–H groups in total. The van der Waals surface area contributed by atoms with Gasteiger partial charge in [-0.05, 0) is 19.4 Å². The van der Waals surface area contributed by atoms with Crippen molar-refractivity contribution in [3.63, 3.8) is 0 Å². The molecule has 0 fully saturated rings. The number of hydrogen-bond acceptors (Lipinski definition) is 6. The summed E-state index contributed by atoms with van der Waals surface area (Å²) in [7, 11) is -3.56. The van der Waals surface area contributed by atoms with Gasteiger partial charge in [0.25, 0.3) is 0 Å². The average Bonchev–Trinajstić information content (AvgIpc) is 2.94. The third kappa shape index (κ3) is 4.23. The van der Waals surface area contributed by atoms with Crippen LogP contribution in [-0.4, -0.2) is 24.9 Å². The molecule has 0 aromatic carbocycles. The van der Waals surface area contributed by atoms with E-state index in [1.807, 2.05) is 13.8 Å². The summed E-state index contributed by atoms with van der Waals surface area (Å²) in [5, 5.41) is 3.75. The molecule has 2 heterocycles. The van der Waals surface area contributed by atoms with Crippen LogP contribution in [0.1, 0.15) is 23.7 Å². The Morgan fingerprint density at radius 1 is 1.29 bits per heavy atom. The number of nitrogens with one attached hydrogen (secondary N) is 2. The Morgan fingerprint density at radius 3 is 2.76 bits per heavy atom. The van der Waals surface area contributed by atoms with Gasteiger partial charge in [0.2, 0.25) is 10.0 Å². The van der Waals surface area contributed by atoms with Crippen molar-refractivity contribution in [1.82, 2.24) is 14.7 Å². The van der Waals surface area contributed by atoms with Gasteiger partial charge in [0, 0.05) is 29.9 Å². The molecule has 0 radical (unpaired) electrons. The Morgan fingerprint density at radius 2 is 2.10 bits per heavy atom. The summed E-state index contributed by atoms with van der Waals surface area (Å²) in [6.45, 7) is 4.85. The minimum atomic E-state index is -3.56. The van der Waals surface area contributed by atoms with E-state index in [0.29, 0.717) is 12.4 Å². The normalized spacial score (nSPS) is 11.5. The molecule has 0 bridgehead atoms. The molecular weight excluding hydrogens is 308 g/mol. The average molecular weight is 326 g/mol. The highest BCUT2D eigenvalue weighted by molar-refractivity contribution is 7.89. The fourth-order valence-corrected chi connectivity index (χ4v) is 3.58. The quantitative estimate of drug-likeness (QED) is 0.813. The summed E-state index contributed by atoms with van der Waals surface area (Å²) in [6.07, 6.45) is 4.16. The van der Waals surface area contributed by atoms with E-state index in [2.05, 4.69) is 20.0 Å². The van der Waals surface area contributed by atoms with Crippen molar-refractivity contribution in [2.75, 3.05) is 11.9 Å². The van der Waals surface area contributed by atoms with Crippen LogP contribution in [0.5, 0.6) is 0 Å². The molecule has 2 aromatic heterocycles. The van der Waals surface area contributed by atoms with Crippen LogP contribution in [0.15, 0.2) is 29.4 Å². The van der Waals surface area contributed by atoms with Gasteiger partial charge in [-0.15, -0.1) is 11.3 Å². The third-order valence-corrected chi connectivity index (χ3v) is 5.30. The fourth-order valence-electron chi connectivity index (χ4n) is 1.69. The second-order valence-electron chi connectivity index (χ2n) is 4.31. The summed E-state index contributed by atoms with van der Waals surface area (Å²) < 4.78 is 27.1. The van der Waals surface area contributed by atoms with Gasteiger partial charge in [0.05, 0.1) is 11.4 Å². The van der Waals surface area contributed by atoms with E-state index < -0.39 is 10.0 Å². The number of thiazole rings is 1. The lowest BCUT2D eigenvalue weighted by molar-refractivity contribution is 0.581. The number of pyridine rings is 1. The first kappa shape index (κ1) is 15.9. The molecule has 0 aliphatic rings. The molecule has 0 aliphatic heterocycles. The molecule has 8 heteroatoms. The SMILES string of the molecule is CCNc1cc(S(=O)(=O)NCc2ncc(CC)s2)ccn1. The molecule has 0 atom stereocenters. The van der Waals surface area contributed by atoms with Gasteiger partial charge in [0.1, 0.15) is 10.8 Å². The van der Waals surface area contributed by atoms with E-state index in [1.54, 1.807) is 6.20 Å². The van der Waals surface area contributed by atoms with Crippen LogP contribution >= 0.6 is 11.3 Å². The number of anilines is 1. The van der Waals surface area contributed by atoms with Crippen molar-refractivity contribution in [3.8, 4) is 0 Å². The Labute approximate surface area is 128 Å². The van der Waals surface area contributed by atoms with Crippen LogP contribution < -0.4 is 10.0 Å². The Hall–Kier alpha value is -1.51. The van der Waals surface area contributed by atoms with Gasteiger partial charge in [-0.2, -0.15) is 0 Å². The van der Waals surface area contributed by atoms with Crippen LogP contribution in [0.4, 0.5) is 5.82 Å². The van der Waals surface area contributed by atoms with Crippen LogP contribution in [0.2, 0.25) is 0 Å². The maximum Gasteiger partial charge on any atom is 0.241 e. The Kier molecular flexibility index (Phi) is 5.27. The zero-order chi connectivity index (χ0) is 15.3. The predicted octanol–water partition coefficient (Wildman–Crippen LogP) is 2.01. The van der Waals surface area contributed by atoms with E-state index >= 15 is 0 Å². The summed E-state index contributed by atoms with van der Waals surface area (Å²) >= 11 is 1.52. The number of hydrogen-bond donors (Lipinski definition) is 2. The molecule has 0 aliphatic carbocycles. The predicted molar refractivity (Wildman–Crippen MR) is 83.9 cm³/mol. The van der Waals surface area contributed by atoms with E-state index in [4.69, 9.17) is 0 Å². The van der Waals surface area contributed by atoms with Gasteiger partial charge in [-0.1, -0.05) is 6.92 Å². The van der Waals surface area contributed by atoms with E-state index in [1.165, 1.54) is 29.7 Å². The van der Waals surface area contributed by atoms with Gasteiger partial charge in [0.15, 0.2) is 0 Å². The van der Waals surface area contributed by atoms with Gasteiger partial charge in [-0.3, -0.25) is 0 Å². The monoisotopic (exact) mass is 326 g/mol. The standard InChI is InChI=1S/C13H18N4O2S2/c1-3-10-8-16-13(20-10)9-17-21(18,19)11-5-6-15-12(7-11)14-4-2/h5-8,17H,3-4,9H2,1-2H3,(H,14,15). The largest absolute Gasteiger partial charge is 0.370 e. The molecule has 21 heavy (non-hydrogen) atoms. The summed E-state index contributed by atoms with van der Waals surface area (Å²) in [6, 6.07) is 2.99. The van der Waals surface area contributed by atoms with Crippen molar-refractivity contribution in [2.45, 2.75) is 31.7 Å². The summed E-state index contributed by atoms with van der Waals surface area (Å²) in [5.74, 6) is 0.544. The third-order valence-electron chi connectivity index (χ3n) is 2.76. The molecule has 6 nitrogen and oxygen atoms in total. The second kappa shape index (κ2) is 6.97. The molecule has 114 valence electrons. The molecule has 0 unspecified atom stereocenters. The number of aromatic nitrogens is 2. The minimum absolute atomic E-state index is 0.195. The van der Waals surface area contributed by atoms with E-state index in [0.717, 1.165) is 16.3 Å². The maximum atomic E-state index is 12.2. The maximum absolute atomic E-state index is 12.2. The first-order valence-electron chi connectivity index (χ1n) is 6.68. The highest BCUT2D eigenvalue weighted by Crippen LogP contribution is 2.16. The van der Waals surface area contributed by atoms with Crippen LogP contribution in [-0.2, 0) is 23.0 Å². The number of aryl methyl sites for hydroxylation is 1. The van der Waals surface area contributed by atoms with Crippen LogP contribution in [0.25, 0.3) is 0 Å². The first-order valence-corrected chi connectivity index (χ1v) is 8.98. The molecule has 0 spiro atoms. The topological polar surface area (TPSA) is 84.0 Å². The lowest BCUT2D eigenvalue weighted by atomic mass is 10.4. The van der Waals surface area contributed by atoms with Crippen molar-refractivity contribution < 1.29 is 8.42 Å². The highest BCUT2D eigenvalue weighted by atomic mass is 32.2. The van der Waals surface area contributed by atoms with Crippen molar-refractivity contribution in [1.29, 1.82) is 0 Å². The molecule has 0 saturated heterocycles. The van der Waals surface area contributed by atoms with Crippen molar-refractivity contribution in [3.05, 3.63) is 34.4 Å². The lowest BCUT2D eigenvalue weighted by Gasteiger charge is -2.07. The fraction of sp³-hybridized carbons (Fsp3) is 0.385. The van der Waals surface area contributed by atoms with Crippen LogP contribution in [0.3, 0.4) is 0 Å². The zero-order valence-corrected chi connectivity index (χ0v) is 13.6. The summed E-state index contributed by atoms with van der Waals surface area (Å²) in [4.78, 5) is 9.60. The second-order valence-corrected chi connectivity index (χ2v) is 7.27. The van der Waals surface area contributed by atoms with Crippen molar-refractivity contribution in [2.24, 2.45) is 0 Å². The summed E-state index contributed by atoms with van der Waals surface area (Å²) in [5.41, 5.74) is 0. The Bertz CT molecular complexity index is 698.